The van der Waals surface area contributed by atoms with Crippen LogP contribution in [0.4, 0.5) is 5.13 Å². The first-order valence-corrected chi connectivity index (χ1v) is 8.06. The number of aryl methyl sites for hydroxylation is 1. The summed E-state index contributed by atoms with van der Waals surface area (Å²) in [5.41, 5.74) is 8.37. The zero-order chi connectivity index (χ0) is 14.8. The molecule has 22 heavy (non-hydrogen) atoms. The summed E-state index contributed by atoms with van der Waals surface area (Å²) in [6.45, 7) is 2.75. The fourth-order valence-corrected chi connectivity index (χ4v) is 3.72. The third-order valence-electron chi connectivity index (χ3n) is 3.86. The van der Waals surface area contributed by atoms with Gasteiger partial charge in [0.05, 0.1) is 5.69 Å². The molecule has 2 aromatic rings. The monoisotopic (exact) mass is 337 g/mol. The Morgan fingerprint density at radius 1 is 1.41 bits per heavy atom. The first-order valence-electron chi connectivity index (χ1n) is 7.24. The molecule has 3 N–H and O–H groups in total. The Morgan fingerprint density at radius 2 is 2.14 bits per heavy atom. The average molecular weight is 338 g/mol. The van der Waals surface area contributed by atoms with E-state index in [9.17, 15) is 4.79 Å². The Morgan fingerprint density at radius 3 is 2.82 bits per heavy atom. The summed E-state index contributed by atoms with van der Waals surface area (Å²) in [5, 5.41) is 3.62. The third-order valence-corrected chi connectivity index (χ3v) is 4.89. The number of benzene rings is 1. The molecule has 1 amide bonds. The molecular weight excluding hydrogens is 318 g/mol. The van der Waals surface area contributed by atoms with Gasteiger partial charge in [-0.15, -0.1) is 23.7 Å². The molecule has 1 aliphatic rings. The first kappa shape index (κ1) is 16.9. The van der Waals surface area contributed by atoms with E-state index < -0.39 is 0 Å². The SMILES string of the molecule is CC1CCc2nc(NC(=O)c3ccc(CN)cc3)sc2C1.Cl. The Labute approximate surface area is 140 Å². The van der Waals surface area contributed by atoms with Gasteiger partial charge in [-0.05, 0) is 42.9 Å². The van der Waals surface area contributed by atoms with Crippen LogP contribution >= 0.6 is 23.7 Å². The van der Waals surface area contributed by atoms with Crippen LogP contribution in [0.2, 0.25) is 0 Å². The highest BCUT2D eigenvalue weighted by Gasteiger charge is 2.20. The fraction of sp³-hybridized carbons (Fsp3) is 0.375. The maximum Gasteiger partial charge on any atom is 0.257 e. The smallest absolute Gasteiger partial charge is 0.257 e. The lowest BCUT2D eigenvalue weighted by atomic mass is 9.93. The number of carbonyl (C=O) groups is 1. The molecule has 3 rings (SSSR count). The quantitative estimate of drug-likeness (QED) is 0.902. The van der Waals surface area contributed by atoms with Gasteiger partial charge in [-0.2, -0.15) is 0 Å². The lowest BCUT2D eigenvalue weighted by Crippen LogP contribution is -2.12. The second kappa shape index (κ2) is 7.22. The van der Waals surface area contributed by atoms with Gasteiger partial charge in [0, 0.05) is 17.0 Å². The van der Waals surface area contributed by atoms with E-state index in [-0.39, 0.29) is 18.3 Å². The van der Waals surface area contributed by atoms with Crippen molar-refractivity contribution < 1.29 is 4.79 Å². The van der Waals surface area contributed by atoms with Gasteiger partial charge in [-0.25, -0.2) is 4.98 Å². The van der Waals surface area contributed by atoms with Crippen LogP contribution in [-0.4, -0.2) is 10.9 Å². The Bertz CT molecular complexity index is 654. The molecule has 1 heterocycles. The van der Waals surface area contributed by atoms with E-state index in [1.807, 2.05) is 12.1 Å². The van der Waals surface area contributed by atoms with Crippen molar-refractivity contribution >= 4 is 34.8 Å². The number of halogens is 1. The van der Waals surface area contributed by atoms with Crippen molar-refractivity contribution in [3.05, 3.63) is 46.0 Å². The number of carbonyl (C=O) groups excluding carboxylic acids is 1. The second-order valence-electron chi connectivity index (χ2n) is 5.59. The molecule has 1 aromatic heterocycles. The van der Waals surface area contributed by atoms with Gasteiger partial charge in [-0.3, -0.25) is 10.1 Å². The molecule has 1 unspecified atom stereocenters. The normalized spacial score (nSPS) is 16.5. The average Bonchev–Trinajstić information content (AvgIpc) is 2.88. The number of anilines is 1. The van der Waals surface area contributed by atoms with Crippen molar-refractivity contribution in [2.75, 3.05) is 5.32 Å². The topological polar surface area (TPSA) is 68.0 Å². The van der Waals surface area contributed by atoms with Crippen LogP contribution in [0.5, 0.6) is 0 Å². The van der Waals surface area contributed by atoms with Crippen molar-refractivity contribution in [1.29, 1.82) is 0 Å². The summed E-state index contributed by atoms with van der Waals surface area (Å²) in [6, 6.07) is 7.35. The number of rotatable bonds is 3. The molecule has 1 atom stereocenters. The van der Waals surface area contributed by atoms with E-state index in [4.69, 9.17) is 5.73 Å². The van der Waals surface area contributed by atoms with E-state index >= 15 is 0 Å². The molecule has 0 spiro atoms. The minimum atomic E-state index is -0.113. The number of fused-ring (bicyclic) bond motifs is 1. The highest BCUT2D eigenvalue weighted by molar-refractivity contribution is 7.15. The second-order valence-corrected chi connectivity index (χ2v) is 6.68. The lowest BCUT2D eigenvalue weighted by molar-refractivity contribution is 0.102. The van der Waals surface area contributed by atoms with Crippen LogP contribution in [0.3, 0.4) is 0 Å². The minimum Gasteiger partial charge on any atom is -0.326 e. The van der Waals surface area contributed by atoms with Crippen molar-refractivity contribution in [2.24, 2.45) is 11.7 Å². The van der Waals surface area contributed by atoms with Crippen molar-refractivity contribution in [1.82, 2.24) is 4.98 Å². The summed E-state index contributed by atoms with van der Waals surface area (Å²) in [5.74, 6) is 0.600. The predicted molar refractivity (Wildman–Crippen MR) is 92.8 cm³/mol. The van der Waals surface area contributed by atoms with Gasteiger partial charge in [0.2, 0.25) is 0 Å². The van der Waals surface area contributed by atoms with E-state index in [1.54, 1.807) is 23.5 Å². The summed E-state index contributed by atoms with van der Waals surface area (Å²) in [7, 11) is 0. The molecular formula is C16H20ClN3OS. The maximum atomic E-state index is 12.2. The molecule has 0 fully saturated rings. The number of amides is 1. The molecule has 1 aromatic carbocycles. The third kappa shape index (κ3) is 3.66. The van der Waals surface area contributed by atoms with Gasteiger partial charge >= 0.3 is 0 Å². The van der Waals surface area contributed by atoms with Gasteiger partial charge < -0.3 is 5.73 Å². The maximum absolute atomic E-state index is 12.2. The molecule has 4 nitrogen and oxygen atoms in total. The molecule has 6 heteroatoms. The summed E-state index contributed by atoms with van der Waals surface area (Å²) in [6.07, 6.45) is 3.28. The van der Waals surface area contributed by atoms with Gasteiger partial charge in [0.1, 0.15) is 0 Å². The Balaban J connectivity index is 0.00000176. The Hall–Kier alpha value is -1.43. The predicted octanol–water partition coefficient (Wildman–Crippen LogP) is 3.40. The highest BCUT2D eigenvalue weighted by atomic mass is 35.5. The van der Waals surface area contributed by atoms with Gasteiger partial charge in [-0.1, -0.05) is 19.1 Å². The van der Waals surface area contributed by atoms with E-state index in [1.165, 1.54) is 11.3 Å². The Kier molecular flexibility index (Phi) is 5.56. The van der Waals surface area contributed by atoms with Crippen LogP contribution in [0.15, 0.2) is 24.3 Å². The summed E-state index contributed by atoms with van der Waals surface area (Å²) in [4.78, 5) is 18.1. The number of nitrogens with one attached hydrogen (secondary N) is 1. The molecule has 0 aliphatic heterocycles. The number of aromatic nitrogens is 1. The first-order chi connectivity index (χ1) is 10.2. The number of nitrogens with zero attached hydrogens (tertiary/aromatic N) is 1. The van der Waals surface area contributed by atoms with Crippen molar-refractivity contribution in [3.63, 3.8) is 0 Å². The molecule has 1 aliphatic carbocycles. The molecule has 118 valence electrons. The zero-order valence-electron chi connectivity index (χ0n) is 12.5. The number of nitrogens with two attached hydrogens (primary N) is 1. The summed E-state index contributed by atoms with van der Waals surface area (Å²) >= 11 is 1.61. The van der Waals surface area contributed by atoms with Crippen molar-refractivity contribution in [2.45, 2.75) is 32.7 Å². The largest absolute Gasteiger partial charge is 0.326 e. The van der Waals surface area contributed by atoms with E-state index in [0.29, 0.717) is 23.2 Å². The lowest BCUT2D eigenvalue weighted by Gasteiger charge is -2.15. The molecule has 0 bridgehead atoms. The highest BCUT2D eigenvalue weighted by Crippen LogP contribution is 2.32. The number of hydrogen-bond donors (Lipinski definition) is 2. The fourth-order valence-electron chi connectivity index (χ4n) is 2.55. The molecule has 0 saturated carbocycles. The van der Waals surface area contributed by atoms with Gasteiger partial charge in [0.15, 0.2) is 5.13 Å². The van der Waals surface area contributed by atoms with Crippen LogP contribution < -0.4 is 11.1 Å². The molecule has 0 radical (unpaired) electrons. The van der Waals surface area contributed by atoms with E-state index in [0.717, 1.165) is 24.1 Å². The summed E-state index contributed by atoms with van der Waals surface area (Å²) < 4.78 is 0. The van der Waals surface area contributed by atoms with Gasteiger partial charge in [0.25, 0.3) is 5.91 Å². The minimum absolute atomic E-state index is 0. The zero-order valence-corrected chi connectivity index (χ0v) is 14.1. The van der Waals surface area contributed by atoms with Crippen LogP contribution in [-0.2, 0) is 19.4 Å². The van der Waals surface area contributed by atoms with Crippen LogP contribution in [0, 0.1) is 5.92 Å². The standard InChI is InChI=1S/C16H19N3OS.ClH/c1-10-2-7-13-14(8-10)21-16(18-13)19-15(20)12-5-3-11(9-17)4-6-12;/h3-6,10H,2,7-9,17H2,1H3,(H,18,19,20);1H. The number of hydrogen-bond acceptors (Lipinski definition) is 4. The van der Waals surface area contributed by atoms with Crippen LogP contribution in [0.1, 0.15) is 39.8 Å². The number of thiazole rings is 1. The van der Waals surface area contributed by atoms with E-state index in [2.05, 4.69) is 17.2 Å². The van der Waals surface area contributed by atoms with Crippen LogP contribution in [0.25, 0.3) is 0 Å². The molecule has 0 saturated heterocycles. The van der Waals surface area contributed by atoms with Crippen molar-refractivity contribution in [3.8, 4) is 0 Å².